The zero-order valence-electron chi connectivity index (χ0n) is 7.31. The summed E-state index contributed by atoms with van der Waals surface area (Å²) in [5.74, 6) is 0.406. The number of anilines is 1. The summed E-state index contributed by atoms with van der Waals surface area (Å²) in [4.78, 5) is 3.85. The summed E-state index contributed by atoms with van der Waals surface area (Å²) in [6.45, 7) is 2.04. The van der Waals surface area contributed by atoms with E-state index >= 15 is 0 Å². The van der Waals surface area contributed by atoms with Gasteiger partial charge in [0.25, 0.3) is 0 Å². The first-order valence-electron chi connectivity index (χ1n) is 4.00. The molecule has 0 atom stereocenters. The van der Waals surface area contributed by atoms with E-state index in [0.717, 1.165) is 5.69 Å². The van der Waals surface area contributed by atoms with Crippen LogP contribution in [0.1, 0.15) is 5.56 Å². The maximum absolute atomic E-state index is 5.60. The Morgan fingerprint density at radius 2 is 1.92 bits per heavy atom. The Bertz CT molecular complexity index is 402. The van der Waals surface area contributed by atoms with Crippen molar-refractivity contribution in [2.75, 3.05) is 5.73 Å². The lowest BCUT2D eigenvalue weighted by Gasteiger charge is -2.01. The van der Waals surface area contributed by atoms with Gasteiger partial charge in [0.05, 0.1) is 5.69 Å². The van der Waals surface area contributed by atoms with Crippen LogP contribution >= 0.6 is 0 Å². The van der Waals surface area contributed by atoms with E-state index in [1.54, 1.807) is 4.68 Å². The second-order valence-electron chi connectivity index (χ2n) is 2.87. The number of rotatable bonds is 1. The maximum atomic E-state index is 5.60. The third-order valence-electron chi connectivity index (χ3n) is 1.85. The molecule has 0 saturated carbocycles. The third kappa shape index (κ3) is 1.38. The number of benzene rings is 1. The molecule has 0 bridgehead atoms. The Morgan fingerprint density at radius 3 is 2.46 bits per heavy atom. The summed E-state index contributed by atoms with van der Waals surface area (Å²) in [5, 5.41) is 4.00. The lowest BCUT2D eigenvalue weighted by atomic mass is 10.2. The van der Waals surface area contributed by atoms with Gasteiger partial charge in [0.2, 0.25) is 5.95 Å². The van der Waals surface area contributed by atoms with E-state index in [1.807, 2.05) is 31.2 Å². The number of nitrogens with two attached hydrogens (primary N) is 1. The van der Waals surface area contributed by atoms with Crippen molar-refractivity contribution in [2.45, 2.75) is 6.92 Å². The summed E-state index contributed by atoms with van der Waals surface area (Å²) >= 11 is 0. The van der Waals surface area contributed by atoms with E-state index in [9.17, 15) is 0 Å². The van der Waals surface area contributed by atoms with Crippen LogP contribution in [0.3, 0.4) is 0 Å². The number of aryl methyl sites for hydroxylation is 1. The highest BCUT2D eigenvalue weighted by molar-refractivity contribution is 5.38. The highest BCUT2D eigenvalue weighted by Crippen LogP contribution is 2.10. The van der Waals surface area contributed by atoms with Crippen molar-refractivity contribution in [3.8, 4) is 5.69 Å². The summed E-state index contributed by atoms with van der Waals surface area (Å²) in [6.07, 6.45) is 1.44. The molecule has 0 aliphatic carbocycles. The fraction of sp³-hybridized carbons (Fsp3) is 0.111. The van der Waals surface area contributed by atoms with Crippen molar-refractivity contribution < 1.29 is 0 Å². The summed E-state index contributed by atoms with van der Waals surface area (Å²) in [6, 6.07) is 7.94. The predicted molar refractivity (Wildman–Crippen MR) is 50.5 cm³/mol. The minimum atomic E-state index is 0.406. The molecule has 0 aliphatic heterocycles. The molecule has 0 fully saturated rings. The number of nitrogens with zero attached hydrogens (tertiary/aromatic N) is 3. The van der Waals surface area contributed by atoms with Gasteiger partial charge < -0.3 is 5.73 Å². The van der Waals surface area contributed by atoms with Crippen molar-refractivity contribution >= 4 is 5.95 Å². The average molecular weight is 174 g/mol. The van der Waals surface area contributed by atoms with Crippen LogP contribution < -0.4 is 5.73 Å². The van der Waals surface area contributed by atoms with Crippen molar-refractivity contribution in [1.29, 1.82) is 0 Å². The first-order valence-corrected chi connectivity index (χ1v) is 4.00. The van der Waals surface area contributed by atoms with Crippen LogP contribution in [0.15, 0.2) is 30.6 Å². The zero-order chi connectivity index (χ0) is 9.26. The Morgan fingerprint density at radius 1 is 1.23 bits per heavy atom. The standard InChI is InChI=1S/C9H10N4/c1-7-2-4-8(5-3-7)13-9(10)11-6-12-13/h2-6H,1H3,(H2,10,11,12). The SMILES string of the molecule is Cc1ccc(-n2ncnc2N)cc1. The number of aromatic nitrogens is 3. The molecule has 13 heavy (non-hydrogen) atoms. The molecule has 0 saturated heterocycles. The van der Waals surface area contributed by atoms with Crippen LogP contribution in [0.2, 0.25) is 0 Å². The molecule has 66 valence electrons. The Balaban J connectivity index is 2.47. The smallest absolute Gasteiger partial charge is 0.223 e. The summed E-state index contributed by atoms with van der Waals surface area (Å²) in [5.41, 5.74) is 7.74. The molecule has 1 heterocycles. The van der Waals surface area contributed by atoms with Gasteiger partial charge in [-0.2, -0.15) is 14.8 Å². The van der Waals surface area contributed by atoms with Gasteiger partial charge in [-0.1, -0.05) is 17.7 Å². The van der Waals surface area contributed by atoms with E-state index in [1.165, 1.54) is 11.9 Å². The number of hydrogen-bond donors (Lipinski definition) is 1. The second kappa shape index (κ2) is 2.90. The molecule has 0 radical (unpaired) electrons. The molecule has 2 rings (SSSR count). The van der Waals surface area contributed by atoms with Crippen LogP contribution in [-0.4, -0.2) is 14.8 Å². The predicted octanol–water partition coefficient (Wildman–Crippen LogP) is 1.16. The van der Waals surface area contributed by atoms with Gasteiger partial charge in [0.1, 0.15) is 6.33 Å². The van der Waals surface area contributed by atoms with Crippen molar-refractivity contribution in [1.82, 2.24) is 14.8 Å². The Hall–Kier alpha value is -1.84. The number of hydrogen-bond acceptors (Lipinski definition) is 3. The maximum Gasteiger partial charge on any atom is 0.223 e. The van der Waals surface area contributed by atoms with E-state index in [4.69, 9.17) is 5.73 Å². The molecule has 0 spiro atoms. The molecule has 0 aliphatic rings. The fourth-order valence-electron chi connectivity index (χ4n) is 1.14. The van der Waals surface area contributed by atoms with Crippen molar-refractivity contribution in [3.63, 3.8) is 0 Å². The highest BCUT2D eigenvalue weighted by atomic mass is 15.4. The lowest BCUT2D eigenvalue weighted by molar-refractivity contribution is 0.890. The van der Waals surface area contributed by atoms with E-state index in [0.29, 0.717) is 5.95 Å². The molecule has 2 aromatic rings. The molecule has 4 heteroatoms. The number of nitrogen functional groups attached to an aromatic ring is 1. The molecular formula is C9H10N4. The molecule has 1 aromatic carbocycles. The van der Waals surface area contributed by atoms with Crippen molar-refractivity contribution in [3.05, 3.63) is 36.2 Å². The highest BCUT2D eigenvalue weighted by Gasteiger charge is 2.00. The molecule has 1 aromatic heterocycles. The minimum absolute atomic E-state index is 0.406. The van der Waals surface area contributed by atoms with Gasteiger partial charge in [-0.05, 0) is 19.1 Å². The van der Waals surface area contributed by atoms with Gasteiger partial charge >= 0.3 is 0 Å². The quantitative estimate of drug-likeness (QED) is 0.705. The monoisotopic (exact) mass is 174 g/mol. The van der Waals surface area contributed by atoms with E-state index in [2.05, 4.69) is 10.1 Å². The zero-order valence-corrected chi connectivity index (χ0v) is 7.31. The van der Waals surface area contributed by atoms with Crippen LogP contribution in [0.5, 0.6) is 0 Å². The van der Waals surface area contributed by atoms with Gasteiger partial charge in [-0.15, -0.1) is 0 Å². The van der Waals surface area contributed by atoms with Crippen LogP contribution in [-0.2, 0) is 0 Å². The van der Waals surface area contributed by atoms with Crippen LogP contribution in [0.4, 0.5) is 5.95 Å². The minimum Gasteiger partial charge on any atom is -0.368 e. The molecular weight excluding hydrogens is 164 g/mol. The molecule has 0 unspecified atom stereocenters. The van der Waals surface area contributed by atoms with E-state index in [-0.39, 0.29) is 0 Å². The van der Waals surface area contributed by atoms with Crippen molar-refractivity contribution in [2.24, 2.45) is 0 Å². The third-order valence-corrected chi connectivity index (χ3v) is 1.85. The summed E-state index contributed by atoms with van der Waals surface area (Å²) in [7, 11) is 0. The van der Waals surface area contributed by atoms with Gasteiger partial charge in [0.15, 0.2) is 0 Å². The second-order valence-corrected chi connectivity index (χ2v) is 2.87. The van der Waals surface area contributed by atoms with Gasteiger partial charge in [-0.3, -0.25) is 0 Å². The Labute approximate surface area is 76.0 Å². The Kier molecular flexibility index (Phi) is 1.73. The van der Waals surface area contributed by atoms with E-state index < -0.39 is 0 Å². The van der Waals surface area contributed by atoms with Crippen LogP contribution in [0.25, 0.3) is 5.69 Å². The molecule has 0 amide bonds. The fourth-order valence-corrected chi connectivity index (χ4v) is 1.14. The normalized spacial score (nSPS) is 10.2. The largest absolute Gasteiger partial charge is 0.368 e. The van der Waals surface area contributed by atoms with Gasteiger partial charge in [-0.25, -0.2) is 0 Å². The molecule has 4 nitrogen and oxygen atoms in total. The topological polar surface area (TPSA) is 56.7 Å². The summed E-state index contributed by atoms with van der Waals surface area (Å²) < 4.78 is 1.60. The van der Waals surface area contributed by atoms with Crippen LogP contribution in [0, 0.1) is 6.92 Å². The average Bonchev–Trinajstić information content (AvgIpc) is 2.53. The lowest BCUT2D eigenvalue weighted by Crippen LogP contribution is -2.01. The first-order chi connectivity index (χ1) is 6.27. The molecule has 2 N–H and O–H groups in total. The van der Waals surface area contributed by atoms with Gasteiger partial charge in [0, 0.05) is 0 Å². The first kappa shape index (κ1) is 7.79.